The fourth-order valence-corrected chi connectivity index (χ4v) is 21.7. The molecule has 0 aromatic heterocycles. The van der Waals surface area contributed by atoms with E-state index in [1.807, 2.05) is 79.7 Å². The monoisotopic (exact) mass is 2140 g/mol. The number of benzene rings is 8. The number of carbonyl (C=O) groups is 7. The predicted octanol–water partition coefficient (Wildman–Crippen LogP) is 15.7. The standard InChI is InChI=1S/C27H29F3N2O5S.C26H26ClF3N2O5S.C26H29F3N4O5S.C25H30N2O4S/c1-4-31(5-2)24(33)19-8-6-18(7-9-19)22-17-26(12-14-32(15-13-26)25(34)27(28,29)30)37-23-11-10-20(16-21(22)23)38(3,35)36;1-3-31(4-2)23(33)18-7-5-17(6-8-18)21-16-25(11-13-32(14-12-25)24(34)26(28,29)30)37-22-10-9-19(15-20(21)22)38(27,35)36;1-3-32(4-2)23(34)18-7-5-17(6-8-18)21-16-25(11-13-33(14-12-25)24(35)26(27,28)29)38-22-10-9-19(15-20(21)22)39(36,37)31-30;1-4-27(5-2)24(28)19-8-6-18(7-9-19)22-17-25(12-14-26-15-13-25)31-23-11-10-20(16-21(22)23)32(3,29)30/h6-11,16-17H,4-5,12-15H2,1-3H3;5-10,15-16H,3-4,11-14H2,1-2H3;5-10,15-16,31H,3-4,11-14,30H2,1-2H3;6-11,16-17,26H,4-5,12-15H2,1-3H3. The highest BCUT2D eigenvalue weighted by atomic mass is 35.7. The normalized spacial score (nSPS) is 16.9. The topological polar surface area (TPSA) is 366 Å². The summed E-state index contributed by atoms with van der Waals surface area (Å²) in [5, 5.41) is 3.37. The Hall–Kier alpha value is -12.5. The summed E-state index contributed by atoms with van der Waals surface area (Å²) >= 11 is 0. The highest BCUT2D eigenvalue weighted by Gasteiger charge is 2.52. The summed E-state index contributed by atoms with van der Waals surface area (Å²) in [5.41, 5.74) is 6.55. The van der Waals surface area contributed by atoms with E-state index in [-0.39, 0.29) is 121 Å². The van der Waals surface area contributed by atoms with Crippen LogP contribution in [0.15, 0.2) is 214 Å². The fourth-order valence-electron chi connectivity index (χ4n) is 19.0. The van der Waals surface area contributed by atoms with E-state index >= 15 is 0 Å². The quantitative estimate of drug-likeness (QED) is 0.0260. The number of rotatable bonds is 21. The molecule has 43 heteroatoms. The SMILES string of the molecule is CCN(CC)C(=O)c1ccc(C2=CC3(CCN(C(=O)C(F)(F)F)CC3)Oc3ccc(S(=O)(=O)Cl)cc32)cc1.CCN(CC)C(=O)c1ccc(C2=CC3(CCN(C(=O)C(F)(F)F)CC3)Oc3ccc(S(=O)(=O)NN)cc32)cc1.CCN(CC)C(=O)c1ccc(C2=CC3(CCN(C(=O)C(F)(F)F)CC3)Oc3ccc(S(C)(=O)=O)cc32)cc1.CCN(CC)C(=O)c1ccc(C2=CC3(CCNCC3)Oc3ccc(S(C)(=O)=O)cc32)cc1. The number of piperidine rings is 4. The molecule has 4 spiro atoms. The molecule has 0 aliphatic carbocycles. The number of hydrogen-bond donors (Lipinski definition) is 3. The van der Waals surface area contributed by atoms with Crippen LogP contribution in [-0.4, -0.2) is 267 Å². The molecule has 4 fully saturated rings. The molecule has 16 rings (SSSR count). The van der Waals surface area contributed by atoms with E-state index in [0.717, 1.165) is 63.6 Å². The molecular formula is C104H114ClF9N10O19S4. The number of sulfonamides is 1. The van der Waals surface area contributed by atoms with Gasteiger partial charge in [-0.25, -0.2) is 33.7 Å². The van der Waals surface area contributed by atoms with Crippen LogP contribution < -0.4 is 34.9 Å². The van der Waals surface area contributed by atoms with Crippen molar-refractivity contribution in [1.29, 1.82) is 0 Å². The second-order valence-corrected chi connectivity index (χ2v) is 44.8. The lowest BCUT2D eigenvalue weighted by atomic mass is 9.82. The zero-order valence-electron chi connectivity index (χ0n) is 82.3. The lowest BCUT2D eigenvalue weighted by Gasteiger charge is -2.43. The van der Waals surface area contributed by atoms with Gasteiger partial charge in [-0.2, -0.15) is 44.3 Å². The molecule has 0 radical (unpaired) electrons. The molecule has 8 heterocycles. The average Bonchev–Trinajstić information content (AvgIpc) is 0.749. The number of nitrogens with one attached hydrogen (secondary N) is 2. The first-order valence-corrected chi connectivity index (χ1v) is 55.4. The molecule has 0 bridgehead atoms. The van der Waals surface area contributed by atoms with Gasteiger partial charge in [-0.1, -0.05) is 48.5 Å². The van der Waals surface area contributed by atoms with E-state index in [4.69, 9.17) is 35.5 Å². The third-order valence-electron chi connectivity index (χ3n) is 27.3. The van der Waals surface area contributed by atoms with Crippen molar-refractivity contribution < 1.29 is 126 Å². The molecule has 29 nitrogen and oxygen atoms in total. The number of nitrogens with two attached hydrogens (primary N) is 1. The van der Waals surface area contributed by atoms with E-state index in [1.165, 1.54) is 54.8 Å². The highest BCUT2D eigenvalue weighted by Crippen LogP contribution is 2.51. The molecule has 4 saturated heterocycles. The maximum atomic E-state index is 13.0. The molecule has 788 valence electrons. The van der Waals surface area contributed by atoms with Gasteiger partial charge in [0.25, 0.3) is 42.7 Å². The van der Waals surface area contributed by atoms with Gasteiger partial charge in [0, 0.05) is 211 Å². The second kappa shape index (κ2) is 44.5. The van der Waals surface area contributed by atoms with Gasteiger partial charge >= 0.3 is 36.3 Å². The minimum Gasteiger partial charge on any atom is -0.482 e. The molecule has 8 aliphatic rings. The first-order valence-electron chi connectivity index (χ1n) is 47.9. The van der Waals surface area contributed by atoms with Crippen LogP contribution in [0.3, 0.4) is 0 Å². The Morgan fingerprint density at radius 2 is 0.551 bits per heavy atom. The van der Waals surface area contributed by atoms with Gasteiger partial charge < -0.3 is 58.6 Å². The number of sulfone groups is 2. The van der Waals surface area contributed by atoms with Crippen molar-refractivity contribution in [3.05, 3.63) is 261 Å². The Bertz CT molecular complexity index is 6730. The summed E-state index contributed by atoms with van der Waals surface area (Å²) in [6.45, 7) is 20.7. The summed E-state index contributed by atoms with van der Waals surface area (Å²) < 4.78 is 239. The average molecular weight is 2140 g/mol. The number of ether oxygens (including phenoxy) is 4. The molecule has 0 atom stereocenters. The first kappa shape index (κ1) is 112. The van der Waals surface area contributed by atoms with Crippen molar-refractivity contribution in [2.45, 2.75) is 167 Å². The van der Waals surface area contributed by atoms with E-state index in [2.05, 4.69) is 11.4 Å². The number of hydrogen-bond acceptors (Lipinski definition) is 21. The largest absolute Gasteiger partial charge is 0.482 e. The molecule has 7 amide bonds. The molecule has 4 N–H and O–H groups in total. The molecule has 8 aliphatic heterocycles. The number of halogens is 10. The summed E-state index contributed by atoms with van der Waals surface area (Å²) in [6, 6.07) is 46.0. The van der Waals surface area contributed by atoms with Crippen molar-refractivity contribution in [2.75, 3.05) is 117 Å². The lowest BCUT2D eigenvalue weighted by Crippen LogP contribution is -2.52. The van der Waals surface area contributed by atoms with Crippen molar-refractivity contribution in [3.63, 3.8) is 0 Å². The highest BCUT2D eigenvalue weighted by molar-refractivity contribution is 8.13. The summed E-state index contributed by atoms with van der Waals surface area (Å²) in [5.74, 6) is 0.947. The predicted molar refractivity (Wildman–Crippen MR) is 534 cm³/mol. The van der Waals surface area contributed by atoms with Gasteiger partial charge in [-0.3, -0.25) is 39.4 Å². The Morgan fingerprint density at radius 1 is 0.340 bits per heavy atom. The number of carbonyl (C=O) groups excluding carboxylic acids is 7. The lowest BCUT2D eigenvalue weighted by molar-refractivity contribution is -0.187. The number of amides is 7. The maximum absolute atomic E-state index is 13.0. The minimum absolute atomic E-state index is 0.0112. The third-order valence-corrected chi connectivity index (χ3v) is 32.0. The van der Waals surface area contributed by atoms with Crippen molar-refractivity contribution in [3.8, 4) is 23.0 Å². The van der Waals surface area contributed by atoms with E-state index in [1.54, 1.807) is 140 Å². The molecule has 8 aromatic rings. The Morgan fingerprint density at radius 3 is 0.762 bits per heavy atom. The van der Waals surface area contributed by atoms with Crippen LogP contribution in [-0.2, 0) is 53.1 Å². The van der Waals surface area contributed by atoms with Crippen LogP contribution in [0.4, 0.5) is 39.5 Å². The zero-order valence-corrected chi connectivity index (χ0v) is 86.3. The van der Waals surface area contributed by atoms with Crippen molar-refractivity contribution >= 4 is 113 Å². The minimum atomic E-state index is -4.96. The van der Waals surface area contributed by atoms with Gasteiger partial charge in [-0.15, -0.1) is 0 Å². The smallest absolute Gasteiger partial charge is 0.471 e. The summed E-state index contributed by atoms with van der Waals surface area (Å²) in [7, 11) is -9.34. The van der Waals surface area contributed by atoms with Crippen LogP contribution >= 0.6 is 10.7 Å². The van der Waals surface area contributed by atoms with Crippen molar-refractivity contribution in [2.24, 2.45) is 5.84 Å². The molecule has 8 aromatic carbocycles. The van der Waals surface area contributed by atoms with Crippen molar-refractivity contribution in [1.82, 2.24) is 44.4 Å². The Balaban J connectivity index is 0.000000164. The third kappa shape index (κ3) is 25.2. The number of nitrogens with zero attached hydrogens (tertiary/aromatic N) is 7. The zero-order chi connectivity index (χ0) is 107. The van der Waals surface area contributed by atoms with Crippen LogP contribution in [0.1, 0.15) is 193 Å². The van der Waals surface area contributed by atoms with Crippen LogP contribution in [0.2, 0.25) is 0 Å². The second-order valence-electron chi connectivity index (χ2n) is 36.5. The first-order chi connectivity index (χ1) is 69.1. The number of hydrazine groups is 1. The number of likely N-dealkylation sites (tertiary alicyclic amines) is 3. The molecule has 147 heavy (non-hydrogen) atoms. The van der Waals surface area contributed by atoms with E-state index in [9.17, 15) is 107 Å². The Labute approximate surface area is 852 Å². The van der Waals surface area contributed by atoms with E-state index < -0.39 is 97.4 Å². The van der Waals surface area contributed by atoms with Crippen LogP contribution in [0, 0.1) is 0 Å². The molecular weight excluding hydrogens is 2030 g/mol. The van der Waals surface area contributed by atoms with Gasteiger partial charge in [0.15, 0.2) is 19.7 Å². The van der Waals surface area contributed by atoms with Gasteiger partial charge in [0.1, 0.15) is 45.4 Å². The van der Waals surface area contributed by atoms with Gasteiger partial charge in [0.05, 0.1) is 19.6 Å². The van der Waals surface area contributed by atoms with Gasteiger partial charge in [-0.05, 0) is 259 Å². The van der Waals surface area contributed by atoms with Crippen LogP contribution in [0.25, 0.3) is 22.3 Å². The fraction of sp³-hybridized carbons (Fsp3) is 0.394. The van der Waals surface area contributed by atoms with Gasteiger partial charge in [0.2, 0.25) is 0 Å². The Kier molecular flexibility index (Phi) is 33.8. The summed E-state index contributed by atoms with van der Waals surface area (Å²) in [4.78, 5) is 97.3. The molecule has 0 saturated carbocycles. The molecule has 0 unspecified atom stereocenters. The number of fused-ring (bicyclic) bond motifs is 4. The number of alkyl halides is 9. The van der Waals surface area contributed by atoms with E-state index in [0.29, 0.717) is 148 Å². The summed E-state index contributed by atoms with van der Waals surface area (Å²) in [6.07, 6.45) is -2.76. The van der Waals surface area contributed by atoms with Crippen LogP contribution in [0.5, 0.6) is 23.0 Å². The maximum Gasteiger partial charge on any atom is 0.471 e.